The Hall–Kier alpha value is -2.99. The van der Waals surface area contributed by atoms with E-state index in [4.69, 9.17) is 9.47 Å². The maximum absolute atomic E-state index is 14.1. The van der Waals surface area contributed by atoms with Gasteiger partial charge in [0.25, 0.3) is 0 Å². The highest BCUT2D eigenvalue weighted by Crippen LogP contribution is 2.64. The lowest BCUT2D eigenvalue weighted by Gasteiger charge is -2.42. The van der Waals surface area contributed by atoms with Crippen LogP contribution < -0.4 is 4.74 Å². The van der Waals surface area contributed by atoms with Crippen LogP contribution in [0.5, 0.6) is 5.75 Å². The van der Waals surface area contributed by atoms with Crippen molar-refractivity contribution < 1.29 is 84.1 Å². The molecule has 0 aliphatic rings. The first-order valence-corrected chi connectivity index (χ1v) is 15.9. The zero-order chi connectivity index (χ0) is 41.5. The highest BCUT2D eigenvalue weighted by molar-refractivity contribution is 5.27. The molecule has 0 spiro atoms. The molecule has 1 rings (SSSR count). The molecule has 0 saturated carbocycles. The van der Waals surface area contributed by atoms with Gasteiger partial charge in [0, 0.05) is 6.42 Å². The standard InChI is InChI=1S/C34H39F17O2/c1-6-21(2)10-7-11-22(3)12-8-13-23(4)24(5)53-20-25-14-16-26(17-15-25)52-19-9-18-27(35,36)28(37,38)29(39,40)30(41,42)31(43,44)32(45,46)33(47,48)34(49,50)51/h6-8,11,13-17,21-24H,1,9-10,12,18-20H2,2-5H3/b11-7+,13-8+/t21-,22-,23+,24+/m0/s1. The van der Waals surface area contributed by atoms with Crippen LogP contribution in [0.25, 0.3) is 0 Å². The molecule has 0 aliphatic heterocycles. The molecule has 0 saturated heterocycles. The summed E-state index contributed by atoms with van der Waals surface area (Å²) in [6, 6.07) is 5.37. The average Bonchev–Trinajstić information content (AvgIpc) is 3.04. The molecule has 0 aliphatic carbocycles. The molecule has 19 heteroatoms. The van der Waals surface area contributed by atoms with Crippen molar-refractivity contribution in [2.45, 2.75) is 114 Å². The van der Waals surface area contributed by atoms with Gasteiger partial charge in [-0.25, -0.2) is 0 Å². The summed E-state index contributed by atoms with van der Waals surface area (Å²) in [6.45, 7) is 10.7. The zero-order valence-electron chi connectivity index (χ0n) is 28.7. The zero-order valence-corrected chi connectivity index (χ0v) is 28.7. The molecule has 4 atom stereocenters. The quantitative estimate of drug-likeness (QED) is 0.0660. The smallest absolute Gasteiger partial charge is 0.460 e. The van der Waals surface area contributed by atoms with Gasteiger partial charge in [-0.2, -0.15) is 74.6 Å². The van der Waals surface area contributed by atoms with Gasteiger partial charge in [-0.3, -0.25) is 0 Å². The SMILES string of the molecule is C=C[C@H](C)C/C=C/[C@H](C)C/C=C/[C@@H](C)[C@@H](C)OCc1ccc(OCCCC(F)(F)C(F)(F)C(F)(F)C(F)(F)C(F)(F)C(F)(F)C(F)(F)C(F)(F)F)cc1. The summed E-state index contributed by atoms with van der Waals surface area (Å²) in [5.41, 5.74) is 0.581. The van der Waals surface area contributed by atoms with E-state index in [9.17, 15) is 74.6 Å². The topological polar surface area (TPSA) is 18.5 Å². The van der Waals surface area contributed by atoms with Crippen molar-refractivity contribution in [3.05, 3.63) is 66.8 Å². The number of allylic oxidation sites excluding steroid dienone is 4. The second kappa shape index (κ2) is 17.6. The molecule has 0 unspecified atom stereocenters. The highest BCUT2D eigenvalue weighted by Gasteiger charge is 2.95. The van der Waals surface area contributed by atoms with E-state index in [0.29, 0.717) is 17.4 Å². The molecular formula is C34H39F17O2. The lowest BCUT2D eigenvalue weighted by molar-refractivity contribution is -0.461. The molecule has 53 heavy (non-hydrogen) atoms. The van der Waals surface area contributed by atoms with Crippen LogP contribution in [-0.4, -0.2) is 60.3 Å². The fourth-order valence-corrected chi connectivity index (χ4v) is 4.26. The van der Waals surface area contributed by atoms with E-state index < -0.39 is 67.1 Å². The van der Waals surface area contributed by atoms with Gasteiger partial charge in [-0.15, -0.1) is 6.58 Å². The molecule has 0 radical (unpaired) electrons. The summed E-state index contributed by atoms with van der Waals surface area (Å²) in [7, 11) is 0. The number of hydrogen-bond donors (Lipinski definition) is 0. The van der Waals surface area contributed by atoms with Crippen molar-refractivity contribution in [2.75, 3.05) is 6.61 Å². The van der Waals surface area contributed by atoms with Crippen LogP contribution in [0.3, 0.4) is 0 Å². The predicted octanol–water partition coefficient (Wildman–Crippen LogP) is 12.7. The molecule has 1 aromatic rings. The van der Waals surface area contributed by atoms with Gasteiger partial charge < -0.3 is 9.47 Å². The first-order chi connectivity index (χ1) is 23.9. The van der Waals surface area contributed by atoms with Gasteiger partial charge >= 0.3 is 47.6 Å². The molecule has 0 aromatic heterocycles. The third kappa shape index (κ3) is 10.6. The van der Waals surface area contributed by atoms with Crippen molar-refractivity contribution in [2.24, 2.45) is 17.8 Å². The number of hydrogen-bond acceptors (Lipinski definition) is 2. The van der Waals surface area contributed by atoms with E-state index in [-0.39, 0.29) is 24.4 Å². The van der Waals surface area contributed by atoms with Gasteiger partial charge in [0.1, 0.15) is 5.75 Å². The van der Waals surface area contributed by atoms with Crippen LogP contribution >= 0.6 is 0 Å². The molecular weight excluding hydrogens is 763 g/mol. The van der Waals surface area contributed by atoms with Crippen molar-refractivity contribution in [3.63, 3.8) is 0 Å². The Morgan fingerprint density at radius 1 is 0.604 bits per heavy atom. The monoisotopic (exact) mass is 802 g/mol. The average molecular weight is 803 g/mol. The second-order valence-corrected chi connectivity index (χ2v) is 12.6. The summed E-state index contributed by atoms with van der Waals surface area (Å²) in [5.74, 6) is -55.8. The summed E-state index contributed by atoms with van der Waals surface area (Å²) in [6.07, 6.45) is -0.143. The van der Waals surface area contributed by atoms with Crippen LogP contribution in [0.15, 0.2) is 61.2 Å². The van der Waals surface area contributed by atoms with Gasteiger partial charge in [-0.05, 0) is 61.6 Å². The number of benzene rings is 1. The summed E-state index contributed by atoms with van der Waals surface area (Å²) in [4.78, 5) is 0. The predicted molar refractivity (Wildman–Crippen MR) is 161 cm³/mol. The fourth-order valence-electron chi connectivity index (χ4n) is 4.26. The first-order valence-electron chi connectivity index (χ1n) is 15.9. The Kier molecular flexibility index (Phi) is 16.0. The Labute approximate surface area is 295 Å². The van der Waals surface area contributed by atoms with Crippen LogP contribution in [0.4, 0.5) is 74.6 Å². The minimum Gasteiger partial charge on any atom is -0.494 e. The molecule has 2 nitrogen and oxygen atoms in total. The van der Waals surface area contributed by atoms with Gasteiger partial charge in [0.15, 0.2) is 0 Å². The van der Waals surface area contributed by atoms with Crippen LogP contribution in [-0.2, 0) is 11.3 Å². The normalized spacial score (nSPS) is 16.9. The van der Waals surface area contributed by atoms with E-state index in [0.717, 1.165) is 12.8 Å². The Balaban J connectivity index is 2.79. The van der Waals surface area contributed by atoms with Crippen molar-refractivity contribution in [3.8, 4) is 5.75 Å². The van der Waals surface area contributed by atoms with E-state index in [1.165, 1.54) is 24.3 Å². The van der Waals surface area contributed by atoms with E-state index in [1.807, 2.05) is 32.1 Å². The van der Waals surface area contributed by atoms with Crippen molar-refractivity contribution in [1.29, 1.82) is 0 Å². The van der Waals surface area contributed by atoms with Gasteiger partial charge in [0.2, 0.25) is 0 Å². The largest absolute Gasteiger partial charge is 0.494 e. The minimum absolute atomic E-state index is 0.0165. The maximum atomic E-state index is 14.1. The lowest BCUT2D eigenvalue weighted by Crippen LogP contribution is -2.74. The molecule has 1 aromatic carbocycles. The Morgan fingerprint density at radius 3 is 1.55 bits per heavy atom. The second-order valence-electron chi connectivity index (χ2n) is 12.6. The highest BCUT2D eigenvalue weighted by atomic mass is 19.4. The van der Waals surface area contributed by atoms with E-state index in [2.05, 4.69) is 32.6 Å². The molecule has 0 amide bonds. The van der Waals surface area contributed by atoms with Gasteiger partial charge in [-0.1, -0.05) is 63.3 Å². The lowest BCUT2D eigenvalue weighted by atomic mass is 9.88. The summed E-state index contributed by atoms with van der Waals surface area (Å²) >= 11 is 0. The Morgan fingerprint density at radius 2 is 1.06 bits per heavy atom. The van der Waals surface area contributed by atoms with Crippen LogP contribution in [0.1, 0.15) is 58.9 Å². The van der Waals surface area contributed by atoms with Crippen LogP contribution in [0.2, 0.25) is 0 Å². The number of alkyl halides is 17. The molecule has 0 N–H and O–H groups in total. The molecule has 0 heterocycles. The summed E-state index contributed by atoms with van der Waals surface area (Å²) < 4.78 is 239. The fraction of sp³-hybridized carbons (Fsp3) is 0.647. The molecule has 306 valence electrons. The molecule has 0 bridgehead atoms. The van der Waals surface area contributed by atoms with Crippen molar-refractivity contribution >= 4 is 0 Å². The number of halogens is 17. The summed E-state index contributed by atoms with van der Waals surface area (Å²) in [5, 5.41) is 0. The maximum Gasteiger partial charge on any atom is 0.460 e. The third-order valence-electron chi connectivity index (χ3n) is 8.19. The minimum atomic E-state index is -8.64. The number of rotatable bonds is 22. The van der Waals surface area contributed by atoms with E-state index in [1.54, 1.807) is 0 Å². The van der Waals surface area contributed by atoms with Crippen molar-refractivity contribution in [1.82, 2.24) is 0 Å². The first kappa shape index (κ1) is 48.0. The van der Waals surface area contributed by atoms with Gasteiger partial charge in [0.05, 0.1) is 19.3 Å². The molecule has 0 fully saturated rings. The third-order valence-corrected chi connectivity index (χ3v) is 8.19. The number of ether oxygens (including phenoxy) is 2. The van der Waals surface area contributed by atoms with Crippen LogP contribution in [0, 0.1) is 17.8 Å². The van der Waals surface area contributed by atoms with E-state index >= 15 is 0 Å². The Bertz CT molecular complexity index is 1350.